The highest BCUT2D eigenvalue weighted by molar-refractivity contribution is 6.20. The number of unbranched alkanes of at least 4 members (excludes halogenated alkanes) is 2. The maximum atomic E-state index is 6.81. The summed E-state index contributed by atoms with van der Waals surface area (Å²) in [5.41, 5.74) is 2.24. The molecule has 0 aliphatic heterocycles. The van der Waals surface area contributed by atoms with Crippen LogP contribution in [0, 0.1) is 23.7 Å². The number of aromatic nitrogens is 2. The van der Waals surface area contributed by atoms with Crippen LogP contribution in [0.3, 0.4) is 0 Å². The van der Waals surface area contributed by atoms with Crippen molar-refractivity contribution < 1.29 is 0 Å². The van der Waals surface area contributed by atoms with Crippen LogP contribution in [0.2, 0.25) is 0 Å². The Morgan fingerprint density at radius 1 is 0.742 bits per heavy atom. The van der Waals surface area contributed by atoms with Gasteiger partial charge in [-0.25, -0.2) is 0 Å². The topological polar surface area (TPSA) is 25.8 Å². The lowest BCUT2D eigenvalue weighted by molar-refractivity contribution is 0.248. The summed E-state index contributed by atoms with van der Waals surface area (Å²) in [4.78, 5) is 0. The van der Waals surface area contributed by atoms with E-state index in [0.717, 1.165) is 36.3 Å². The van der Waals surface area contributed by atoms with Crippen molar-refractivity contribution in [1.29, 1.82) is 0 Å². The quantitative estimate of drug-likeness (QED) is 0.237. The number of alkyl halides is 1. The van der Waals surface area contributed by atoms with Gasteiger partial charge < -0.3 is 0 Å². The zero-order chi connectivity index (χ0) is 21.9. The molecule has 2 fully saturated rings. The van der Waals surface area contributed by atoms with Crippen molar-refractivity contribution in [2.45, 2.75) is 128 Å². The third kappa shape index (κ3) is 8.67. The van der Waals surface area contributed by atoms with E-state index in [2.05, 4.69) is 36.2 Å². The van der Waals surface area contributed by atoms with Crippen molar-refractivity contribution in [2.75, 3.05) is 0 Å². The van der Waals surface area contributed by atoms with Crippen LogP contribution in [0.1, 0.15) is 122 Å². The van der Waals surface area contributed by atoms with Gasteiger partial charge in [0.2, 0.25) is 0 Å². The molecule has 0 saturated heterocycles. The molecule has 31 heavy (non-hydrogen) atoms. The summed E-state index contributed by atoms with van der Waals surface area (Å²) in [6.45, 7) is 4.61. The zero-order valence-electron chi connectivity index (χ0n) is 20.3. The lowest BCUT2D eigenvalue weighted by Gasteiger charge is -2.31. The van der Waals surface area contributed by atoms with Gasteiger partial charge in [0.15, 0.2) is 0 Å². The van der Waals surface area contributed by atoms with Crippen molar-refractivity contribution in [3.63, 3.8) is 0 Å². The zero-order valence-corrected chi connectivity index (χ0v) is 21.1. The van der Waals surface area contributed by atoms with Gasteiger partial charge in [0.1, 0.15) is 0 Å². The molecular weight excluding hydrogens is 400 g/mol. The summed E-state index contributed by atoms with van der Waals surface area (Å²) in [6.07, 6.45) is 22.7. The number of halogens is 1. The van der Waals surface area contributed by atoms with Gasteiger partial charge in [0, 0.05) is 11.8 Å². The van der Waals surface area contributed by atoms with Crippen molar-refractivity contribution in [1.82, 2.24) is 10.2 Å². The van der Waals surface area contributed by atoms with Crippen LogP contribution in [-0.2, 0) is 12.8 Å². The second-order valence-corrected chi connectivity index (χ2v) is 11.3. The van der Waals surface area contributed by atoms with Crippen molar-refractivity contribution in [2.24, 2.45) is 23.7 Å². The number of nitrogens with zero attached hydrogens (tertiary/aromatic N) is 2. The first kappa shape index (κ1) is 25.0. The smallest absolute Gasteiger partial charge is 0.0646 e. The fourth-order valence-electron chi connectivity index (χ4n) is 6.09. The van der Waals surface area contributed by atoms with Gasteiger partial charge in [-0.3, -0.25) is 0 Å². The molecule has 1 atom stereocenters. The molecule has 176 valence electrons. The molecule has 1 aromatic rings. The van der Waals surface area contributed by atoms with Crippen molar-refractivity contribution >= 4 is 11.6 Å². The minimum absolute atomic E-state index is 0.218. The van der Waals surface area contributed by atoms with Gasteiger partial charge >= 0.3 is 0 Å². The van der Waals surface area contributed by atoms with E-state index in [1.165, 1.54) is 102 Å². The minimum Gasteiger partial charge on any atom is -0.155 e. The van der Waals surface area contributed by atoms with Crippen molar-refractivity contribution in [3.05, 3.63) is 23.5 Å². The van der Waals surface area contributed by atoms with E-state index in [1.807, 2.05) is 0 Å². The van der Waals surface area contributed by atoms with E-state index in [0.29, 0.717) is 5.92 Å². The molecule has 1 aromatic heterocycles. The molecule has 0 amide bonds. The van der Waals surface area contributed by atoms with E-state index in [1.54, 1.807) is 0 Å². The van der Waals surface area contributed by atoms with Gasteiger partial charge in [0.05, 0.1) is 11.4 Å². The van der Waals surface area contributed by atoms with Crippen LogP contribution in [0.5, 0.6) is 0 Å². The average molecular weight is 447 g/mol. The largest absolute Gasteiger partial charge is 0.155 e. The monoisotopic (exact) mass is 446 g/mol. The first-order valence-electron chi connectivity index (χ1n) is 13.6. The number of rotatable bonds is 12. The van der Waals surface area contributed by atoms with E-state index >= 15 is 0 Å². The van der Waals surface area contributed by atoms with Gasteiger partial charge in [0.25, 0.3) is 0 Å². The number of hydrogen-bond acceptors (Lipinski definition) is 2. The fourth-order valence-corrected chi connectivity index (χ4v) is 6.50. The predicted molar refractivity (Wildman–Crippen MR) is 134 cm³/mol. The highest BCUT2D eigenvalue weighted by Gasteiger charge is 2.26. The van der Waals surface area contributed by atoms with Crippen LogP contribution in [-0.4, -0.2) is 15.6 Å². The summed E-state index contributed by atoms with van der Waals surface area (Å²) >= 11 is 6.81. The molecule has 2 nitrogen and oxygen atoms in total. The third-order valence-corrected chi connectivity index (χ3v) is 8.78. The van der Waals surface area contributed by atoms with E-state index in [4.69, 9.17) is 11.6 Å². The molecule has 0 bridgehead atoms. The van der Waals surface area contributed by atoms with E-state index in [9.17, 15) is 0 Å². The number of hydrogen-bond donors (Lipinski definition) is 0. The summed E-state index contributed by atoms with van der Waals surface area (Å²) in [7, 11) is 0. The molecular formula is C28H47ClN2. The molecule has 0 N–H and O–H groups in total. The molecule has 0 radical (unpaired) electrons. The van der Waals surface area contributed by atoms with Crippen LogP contribution in [0.15, 0.2) is 12.1 Å². The lowest BCUT2D eigenvalue weighted by atomic mass is 9.78. The van der Waals surface area contributed by atoms with Crippen molar-refractivity contribution in [3.8, 4) is 0 Å². The first-order chi connectivity index (χ1) is 15.2. The first-order valence-corrected chi connectivity index (χ1v) is 14.1. The lowest BCUT2D eigenvalue weighted by Crippen LogP contribution is -2.24. The Balaban J connectivity index is 1.33. The third-order valence-electron chi connectivity index (χ3n) is 8.27. The molecule has 2 saturated carbocycles. The summed E-state index contributed by atoms with van der Waals surface area (Å²) in [5, 5.41) is 9.31. The van der Waals surface area contributed by atoms with Gasteiger partial charge in [-0.15, -0.1) is 11.6 Å². The Morgan fingerprint density at radius 3 is 1.94 bits per heavy atom. The maximum Gasteiger partial charge on any atom is 0.0646 e. The SMILES string of the molecule is CCCCC[C@H]1CC[C@H](CCc2ccc(CC(Cl)[C@H]3CC[C@H](CCC)CC3)nn2)CC1. The Hall–Kier alpha value is -0.630. The minimum atomic E-state index is 0.218. The molecule has 0 spiro atoms. The fraction of sp³-hybridized carbons (Fsp3) is 0.857. The number of aryl methyl sites for hydroxylation is 1. The van der Waals surface area contributed by atoms with Gasteiger partial charge in [-0.05, 0) is 61.5 Å². The predicted octanol–water partition coefficient (Wildman–Crippen LogP) is 8.55. The van der Waals surface area contributed by atoms with Gasteiger partial charge in [-0.2, -0.15) is 10.2 Å². The maximum absolute atomic E-state index is 6.81. The Labute approximate surface area is 197 Å². The Kier molecular flexibility index (Phi) is 11.1. The summed E-state index contributed by atoms with van der Waals surface area (Å²) in [5.74, 6) is 3.51. The molecule has 3 rings (SSSR count). The second-order valence-electron chi connectivity index (χ2n) is 10.7. The standard InChI is InChI=1S/C28H47ClN2/c1-3-5-6-8-23-9-11-24(12-10-23)15-18-26-19-20-27(31-30-26)21-28(29)25-16-13-22(7-4-2)14-17-25/h19-20,22-25,28H,3-18,21H2,1-2H3/t22-,23-,24-,25-,28?. The van der Waals surface area contributed by atoms with Crippen LogP contribution < -0.4 is 0 Å². The molecule has 3 heteroatoms. The van der Waals surface area contributed by atoms with Crippen LogP contribution in [0.25, 0.3) is 0 Å². The van der Waals surface area contributed by atoms with Gasteiger partial charge in [-0.1, -0.05) is 90.9 Å². The Bertz CT molecular complexity index is 586. The molecule has 0 aromatic carbocycles. The summed E-state index contributed by atoms with van der Waals surface area (Å²) < 4.78 is 0. The van der Waals surface area contributed by atoms with E-state index < -0.39 is 0 Å². The highest BCUT2D eigenvalue weighted by atomic mass is 35.5. The molecule has 2 aliphatic rings. The van der Waals surface area contributed by atoms with Crippen LogP contribution >= 0.6 is 11.6 Å². The van der Waals surface area contributed by atoms with E-state index in [-0.39, 0.29) is 5.38 Å². The summed E-state index contributed by atoms with van der Waals surface area (Å²) in [6, 6.07) is 4.39. The molecule has 1 heterocycles. The molecule has 2 aliphatic carbocycles. The average Bonchev–Trinajstić information content (AvgIpc) is 2.80. The molecule has 1 unspecified atom stereocenters. The second kappa shape index (κ2) is 13.8. The van der Waals surface area contributed by atoms with Crippen LogP contribution in [0.4, 0.5) is 0 Å². The Morgan fingerprint density at radius 2 is 1.32 bits per heavy atom. The highest BCUT2D eigenvalue weighted by Crippen LogP contribution is 2.36. The normalized spacial score (nSPS) is 27.8.